The van der Waals surface area contributed by atoms with Gasteiger partial charge in [-0.15, -0.1) is 0 Å². The zero-order chi connectivity index (χ0) is 23.3. The molecule has 5 nitrogen and oxygen atoms in total. The lowest BCUT2D eigenvalue weighted by Crippen LogP contribution is -2.39. The fraction of sp³-hybridized carbons (Fsp3) is 0.400. The van der Waals surface area contributed by atoms with Crippen molar-refractivity contribution in [3.05, 3.63) is 65.9 Å². The molecule has 0 saturated carbocycles. The van der Waals surface area contributed by atoms with Crippen molar-refractivity contribution < 1.29 is 18.0 Å². The standard InChI is InChI=1S/C25H29F3N4O/c26-25(27,28)19-7-5-8-21(17-19)30-20-10-14-32(15-11-20)13-4-3-12-29-24(33)23-16-18-6-1-2-9-22(18)31-23/h1-2,5-9,16-17,20,30-31H,3-4,10-15H2,(H,29,33). The maximum Gasteiger partial charge on any atom is 0.416 e. The number of anilines is 1. The predicted molar refractivity (Wildman–Crippen MR) is 124 cm³/mol. The Morgan fingerprint density at radius 1 is 1.03 bits per heavy atom. The molecule has 176 valence electrons. The first kappa shape index (κ1) is 23.2. The summed E-state index contributed by atoms with van der Waals surface area (Å²) in [6.07, 6.45) is -0.649. The molecule has 2 heterocycles. The monoisotopic (exact) mass is 458 g/mol. The summed E-state index contributed by atoms with van der Waals surface area (Å²) in [5.41, 5.74) is 1.43. The molecule has 1 aromatic heterocycles. The van der Waals surface area contributed by atoms with Crippen molar-refractivity contribution in [2.45, 2.75) is 37.9 Å². The molecule has 3 N–H and O–H groups in total. The first-order valence-electron chi connectivity index (χ1n) is 11.4. The number of hydrogen-bond acceptors (Lipinski definition) is 3. The Labute approximate surface area is 191 Å². The molecule has 1 aliphatic heterocycles. The van der Waals surface area contributed by atoms with Crippen molar-refractivity contribution >= 4 is 22.5 Å². The highest BCUT2D eigenvalue weighted by atomic mass is 19.4. The minimum atomic E-state index is -4.32. The van der Waals surface area contributed by atoms with Gasteiger partial charge in [0.2, 0.25) is 0 Å². The second-order valence-corrected chi connectivity index (χ2v) is 8.57. The molecule has 0 unspecified atom stereocenters. The largest absolute Gasteiger partial charge is 0.416 e. The van der Waals surface area contributed by atoms with E-state index in [-0.39, 0.29) is 11.9 Å². The Morgan fingerprint density at radius 2 is 1.82 bits per heavy atom. The number of para-hydroxylation sites is 1. The van der Waals surface area contributed by atoms with E-state index in [1.807, 2.05) is 30.3 Å². The van der Waals surface area contributed by atoms with Crippen LogP contribution in [-0.4, -0.2) is 48.0 Å². The number of alkyl halides is 3. The van der Waals surface area contributed by atoms with E-state index in [1.54, 1.807) is 6.07 Å². The Morgan fingerprint density at radius 3 is 2.58 bits per heavy atom. The van der Waals surface area contributed by atoms with Crippen LogP contribution in [0.4, 0.5) is 18.9 Å². The summed E-state index contributed by atoms with van der Waals surface area (Å²) in [6.45, 7) is 3.41. The molecule has 4 rings (SSSR count). The van der Waals surface area contributed by atoms with Crippen molar-refractivity contribution in [1.82, 2.24) is 15.2 Å². The third-order valence-corrected chi connectivity index (χ3v) is 6.11. The molecule has 1 fully saturated rings. The fourth-order valence-corrected chi connectivity index (χ4v) is 4.28. The number of benzene rings is 2. The van der Waals surface area contributed by atoms with Gasteiger partial charge in [0.05, 0.1) is 5.56 Å². The lowest BCUT2D eigenvalue weighted by atomic mass is 10.0. The lowest BCUT2D eigenvalue weighted by Gasteiger charge is -2.33. The van der Waals surface area contributed by atoms with Crippen LogP contribution in [0.2, 0.25) is 0 Å². The number of likely N-dealkylation sites (tertiary alicyclic amines) is 1. The SMILES string of the molecule is O=C(NCCCCN1CCC(Nc2cccc(C(F)(F)F)c2)CC1)c1cc2ccccc2[nH]1. The number of carbonyl (C=O) groups excluding carboxylic acids is 1. The third-order valence-electron chi connectivity index (χ3n) is 6.11. The van der Waals surface area contributed by atoms with Gasteiger partial charge in [0.15, 0.2) is 0 Å². The number of carbonyl (C=O) groups is 1. The maximum absolute atomic E-state index is 12.9. The van der Waals surface area contributed by atoms with Gasteiger partial charge < -0.3 is 20.5 Å². The van der Waals surface area contributed by atoms with Gasteiger partial charge >= 0.3 is 6.18 Å². The van der Waals surface area contributed by atoms with E-state index in [2.05, 4.69) is 20.5 Å². The molecule has 8 heteroatoms. The average Bonchev–Trinajstić information content (AvgIpc) is 3.24. The van der Waals surface area contributed by atoms with Crippen molar-refractivity contribution in [2.24, 2.45) is 0 Å². The molecule has 1 aliphatic rings. The summed E-state index contributed by atoms with van der Waals surface area (Å²) in [4.78, 5) is 17.8. The highest BCUT2D eigenvalue weighted by Crippen LogP contribution is 2.31. The Hall–Kier alpha value is -3.00. The van der Waals surface area contributed by atoms with Crippen LogP contribution in [0.25, 0.3) is 10.9 Å². The molecular weight excluding hydrogens is 429 g/mol. The molecule has 0 atom stereocenters. The van der Waals surface area contributed by atoms with Crippen LogP contribution in [0, 0.1) is 0 Å². The number of aromatic nitrogens is 1. The summed E-state index contributed by atoms with van der Waals surface area (Å²) < 4.78 is 38.7. The van der Waals surface area contributed by atoms with Crippen molar-refractivity contribution in [1.29, 1.82) is 0 Å². The van der Waals surface area contributed by atoms with Crippen LogP contribution in [-0.2, 0) is 6.18 Å². The Balaban J connectivity index is 1.12. The number of nitrogens with zero attached hydrogens (tertiary/aromatic N) is 1. The van der Waals surface area contributed by atoms with E-state index in [0.29, 0.717) is 17.9 Å². The highest BCUT2D eigenvalue weighted by molar-refractivity contribution is 5.97. The van der Waals surface area contributed by atoms with Gasteiger partial charge in [-0.05, 0) is 62.6 Å². The van der Waals surface area contributed by atoms with Crippen molar-refractivity contribution in [3.63, 3.8) is 0 Å². The molecule has 33 heavy (non-hydrogen) atoms. The van der Waals surface area contributed by atoms with Crippen molar-refractivity contribution in [2.75, 3.05) is 31.5 Å². The van der Waals surface area contributed by atoms with E-state index in [1.165, 1.54) is 12.1 Å². The molecule has 0 aliphatic carbocycles. The number of amides is 1. The van der Waals surface area contributed by atoms with E-state index in [9.17, 15) is 18.0 Å². The van der Waals surface area contributed by atoms with Crippen LogP contribution in [0.3, 0.4) is 0 Å². The van der Waals surface area contributed by atoms with Crippen LogP contribution >= 0.6 is 0 Å². The number of rotatable bonds is 8. The topological polar surface area (TPSA) is 60.2 Å². The number of H-pyrrole nitrogens is 1. The number of unbranched alkanes of at least 4 members (excludes halogenated alkanes) is 1. The molecule has 0 radical (unpaired) electrons. The van der Waals surface area contributed by atoms with Crippen molar-refractivity contribution in [3.8, 4) is 0 Å². The summed E-state index contributed by atoms with van der Waals surface area (Å²) in [5.74, 6) is -0.0901. The maximum atomic E-state index is 12.9. The number of piperidine rings is 1. The van der Waals surface area contributed by atoms with E-state index >= 15 is 0 Å². The van der Waals surface area contributed by atoms with Gasteiger partial charge in [0, 0.05) is 42.3 Å². The van der Waals surface area contributed by atoms with Gasteiger partial charge in [-0.25, -0.2) is 0 Å². The quantitative estimate of drug-likeness (QED) is 0.403. The Bertz CT molecular complexity index is 1040. The van der Waals surface area contributed by atoms with E-state index in [0.717, 1.165) is 62.3 Å². The summed E-state index contributed by atoms with van der Waals surface area (Å²) >= 11 is 0. The van der Waals surface area contributed by atoms with Gasteiger partial charge in [-0.3, -0.25) is 4.79 Å². The fourth-order valence-electron chi connectivity index (χ4n) is 4.28. The number of hydrogen-bond donors (Lipinski definition) is 3. The van der Waals surface area contributed by atoms with Crippen LogP contribution in [0.1, 0.15) is 41.7 Å². The number of halogens is 3. The predicted octanol–water partition coefficient (Wildman–Crippen LogP) is 5.27. The second kappa shape index (κ2) is 10.3. The van der Waals surface area contributed by atoms with Gasteiger partial charge in [-0.2, -0.15) is 13.2 Å². The molecule has 0 spiro atoms. The van der Waals surface area contributed by atoms with Crippen LogP contribution in [0.15, 0.2) is 54.6 Å². The smallest absolute Gasteiger partial charge is 0.382 e. The Kier molecular flexibility index (Phi) is 7.23. The summed E-state index contributed by atoms with van der Waals surface area (Å²) in [6, 6.07) is 15.2. The third kappa shape index (κ3) is 6.28. The second-order valence-electron chi connectivity index (χ2n) is 8.57. The van der Waals surface area contributed by atoms with Crippen LogP contribution < -0.4 is 10.6 Å². The minimum Gasteiger partial charge on any atom is -0.382 e. The molecule has 0 bridgehead atoms. The molecule has 3 aromatic rings. The average molecular weight is 459 g/mol. The molecule has 1 saturated heterocycles. The van der Waals surface area contributed by atoms with E-state index < -0.39 is 11.7 Å². The van der Waals surface area contributed by atoms with Gasteiger partial charge in [-0.1, -0.05) is 24.3 Å². The number of fused-ring (bicyclic) bond motifs is 1. The van der Waals surface area contributed by atoms with Gasteiger partial charge in [0.25, 0.3) is 5.91 Å². The first-order valence-corrected chi connectivity index (χ1v) is 11.4. The van der Waals surface area contributed by atoms with Crippen LogP contribution in [0.5, 0.6) is 0 Å². The minimum absolute atomic E-state index is 0.0901. The first-order chi connectivity index (χ1) is 15.9. The van der Waals surface area contributed by atoms with Gasteiger partial charge in [0.1, 0.15) is 5.69 Å². The number of nitrogens with one attached hydrogen (secondary N) is 3. The summed E-state index contributed by atoms with van der Waals surface area (Å²) in [5, 5.41) is 7.24. The normalized spacial score (nSPS) is 15.6. The zero-order valence-electron chi connectivity index (χ0n) is 18.4. The number of aromatic amines is 1. The molecule has 2 aromatic carbocycles. The van der Waals surface area contributed by atoms with E-state index in [4.69, 9.17) is 0 Å². The summed E-state index contributed by atoms with van der Waals surface area (Å²) in [7, 11) is 0. The molecular formula is C25H29F3N4O. The molecule has 1 amide bonds. The zero-order valence-corrected chi connectivity index (χ0v) is 18.4. The lowest BCUT2D eigenvalue weighted by molar-refractivity contribution is -0.137. The highest BCUT2D eigenvalue weighted by Gasteiger charge is 2.30.